The van der Waals surface area contributed by atoms with Crippen LogP contribution in [-0.2, 0) is 0 Å². The lowest BCUT2D eigenvalue weighted by Gasteiger charge is -2.27. The van der Waals surface area contributed by atoms with Crippen molar-refractivity contribution in [2.24, 2.45) is 0 Å². The van der Waals surface area contributed by atoms with Crippen molar-refractivity contribution in [3.63, 3.8) is 0 Å². The maximum absolute atomic E-state index is 9.39. The summed E-state index contributed by atoms with van der Waals surface area (Å²) in [5.74, 6) is 0. The second-order valence-electron chi connectivity index (χ2n) is 14.2. The summed E-state index contributed by atoms with van der Waals surface area (Å²) in [4.78, 5) is 3.20. The fourth-order valence-electron chi connectivity index (χ4n) is 7.19. The van der Waals surface area contributed by atoms with Gasteiger partial charge in [-0.1, -0.05) is 194 Å². The highest BCUT2D eigenvalue weighted by Gasteiger charge is 2.16. The molecule has 0 amide bonds. The largest absolute Gasteiger partial charge is 0.311 e. The third-order valence-electron chi connectivity index (χ3n) is 10.3. The molecule has 0 spiro atoms. The van der Waals surface area contributed by atoms with Gasteiger partial charge < -0.3 is 9.80 Å². The van der Waals surface area contributed by atoms with E-state index < -0.39 is 72.5 Å². The van der Waals surface area contributed by atoms with E-state index in [-0.39, 0.29) is 57.8 Å². The Hall–Kier alpha value is -8.20. The van der Waals surface area contributed by atoms with Crippen molar-refractivity contribution in [1.82, 2.24) is 0 Å². The molecule has 62 heavy (non-hydrogen) atoms. The first-order valence-corrected chi connectivity index (χ1v) is 19.9. The lowest BCUT2D eigenvalue weighted by molar-refractivity contribution is 1.28. The maximum Gasteiger partial charge on any atom is 0.0645 e. The monoisotopic (exact) mass is 808 g/mol. The summed E-state index contributed by atoms with van der Waals surface area (Å²) >= 11 is 0. The second kappa shape index (κ2) is 17.6. The summed E-state index contributed by atoms with van der Waals surface area (Å²) in [5.41, 5.74) is 5.43. The molecule has 0 aliphatic rings. The first-order valence-electron chi connectivity index (χ1n) is 27.9. The minimum Gasteiger partial charge on any atom is -0.311 e. The Bertz CT molecular complexity index is 3580. The van der Waals surface area contributed by atoms with Gasteiger partial charge in [0.15, 0.2) is 0 Å². The lowest BCUT2D eigenvalue weighted by atomic mass is 10.0. The fourth-order valence-corrected chi connectivity index (χ4v) is 7.19. The van der Waals surface area contributed by atoms with E-state index in [1.807, 2.05) is 133 Å². The molecular weight excluding hydrogens is 749 g/mol. The molecule has 0 saturated heterocycles. The molecule has 0 aromatic heterocycles. The van der Waals surface area contributed by atoms with Crippen LogP contribution in [0.1, 0.15) is 21.9 Å². The van der Waals surface area contributed by atoms with Crippen molar-refractivity contribution in [1.29, 1.82) is 0 Å². The zero-order valence-corrected chi connectivity index (χ0v) is 33.1. The maximum atomic E-state index is 9.39. The molecule has 0 saturated carbocycles. The molecule has 0 N–H and O–H groups in total. The van der Waals surface area contributed by atoms with Crippen LogP contribution in [0.25, 0.3) is 55.6 Å². The van der Waals surface area contributed by atoms with E-state index in [9.17, 15) is 11.0 Å². The van der Waals surface area contributed by atoms with Crippen molar-refractivity contribution < 1.29 is 21.9 Å². The van der Waals surface area contributed by atoms with Crippen LogP contribution in [0.4, 0.5) is 34.1 Å². The number of anilines is 6. The zero-order chi connectivity index (χ0) is 55.4. The Morgan fingerprint density at radius 1 is 0.194 bits per heavy atom. The van der Waals surface area contributed by atoms with Crippen molar-refractivity contribution in [3.05, 3.63) is 267 Å². The normalized spacial score (nSPS) is 14.5. The summed E-state index contributed by atoms with van der Waals surface area (Å²) in [7, 11) is 0. The molecule has 0 radical (unpaired) electrons. The number of hydrogen-bond acceptors (Lipinski definition) is 2. The van der Waals surface area contributed by atoms with Gasteiger partial charge in [-0.2, -0.15) is 0 Å². The minimum atomic E-state index is -0.545. The third-order valence-corrected chi connectivity index (χ3v) is 10.3. The fraction of sp³-hybridized carbons (Fsp3) is 0. The molecule has 0 fully saturated rings. The topological polar surface area (TPSA) is 6.48 Å². The van der Waals surface area contributed by atoms with Crippen molar-refractivity contribution in [3.8, 4) is 55.6 Å². The van der Waals surface area contributed by atoms with Gasteiger partial charge in [0.25, 0.3) is 0 Å². The Morgan fingerprint density at radius 2 is 0.435 bits per heavy atom. The highest BCUT2D eigenvalue weighted by molar-refractivity contribution is 5.83. The van der Waals surface area contributed by atoms with Crippen LogP contribution in [0.3, 0.4) is 0 Å². The molecule has 10 aromatic carbocycles. The Balaban J connectivity index is 1.07. The number of benzene rings is 10. The number of nitrogens with zero attached hydrogens (tertiary/aromatic N) is 2. The van der Waals surface area contributed by atoms with Crippen molar-refractivity contribution in [2.45, 2.75) is 0 Å². The smallest absolute Gasteiger partial charge is 0.0645 e. The van der Waals surface area contributed by atoms with Gasteiger partial charge in [0, 0.05) is 34.1 Å². The van der Waals surface area contributed by atoms with E-state index in [4.69, 9.17) is 11.0 Å². The quantitative estimate of drug-likeness (QED) is 0.128. The molecule has 0 atom stereocenters. The highest BCUT2D eigenvalue weighted by Crippen LogP contribution is 2.40. The Morgan fingerprint density at radius 3 is 0.710 bits per heavy atom. The number of hydrogen-bond donors (Lipinski definition) is 0. The first-order chi connectivity index (χ1) is 37.4. The van der Waals surface area contributed by atoms with Gasteiger partial charge in [-0.05, 0) is 128 Å². The summed E-state index contributed by atoms with van der Waals surface area (Å²) in [6.07, 6.45) is 0. The van der Waals surface area contributed by atoms with Crippen LogP contribution in [0, 0.1) is 0 Å². The van der Waals surface area contributed by atoms with Gasteiger partial charge >= 0.3 is 0 Å². The van der Waals surface area contributed by atoms with Gasteiger partial charge in [0.2, 0.25) is 0 Å². The molecule has 0 bridgehead atoms. The summed E-state index contributed by atoms with van der Waals surface area (Å²) in [6, 6.07) is 43.0. The van der Waals surface area contributed by atoms with Crippen LogP contribution in [0.2, 0.25) is 0 Å². The molecule has 0 aliphatic heterocycles. The summed E-state index contributed by atoms with van der Waals surface area (Å²) < 4.78 is 142. The molecule has 2 nitrogen and oxygen atoms in total. The first kappa shape index (κ1) is 24.2. The van der Waals surface area contributed by atoms with Crippen LogP contribution >= 0.6 is 0 Å². The van der Waals surface area contributed by atoms with E-state index in [2.05, 4.69) is 0 Å². The van der Waals surface area contributed by atoms with E-state index in [1.165, 1.54) is 0 Å². The second-order valence-corrected chi connectivity index (χ2v) is 14.2. The Labute approximate surface area is 387 Å². The summed E-state index contributed by atoms with van der Waals surface area (Å²) in [5, 5.41) is 0. The van der Waals surface area contributed by atoms with Gasteiger partial charge in [0.1, 0.15) is 0 Å². The van der Waals surface area contributed by atoms with E-state index in [1.54, 1.807) is 34.1 Å². The molecule has 0 unspecified atom stereocenters. The molecule has 10 aromatic rings. The standard InChI is InChI=1S/C60H44N2/c1-5-13-45(14-6-1)49-21-33-55(34-22-49)61(56-35-23-50(24-36-56)46-15-7-2-8-16-46)59-41-29-53(30-42-59)54-31-43-60(44-32-54)62(57-37-25-51(26-38-57)47-17-9-3-10-18-47)58-39-27-52(28-40-58)48-19-11-4-12-20-48/h1-44H/i5D,6D,9D,10D,13D,14D,17D,18D,21D,22D,25D,26D,33D,34D,37D,38D. The lowest BCUT2D eigenvalue weighted by Crippen LogP contribution is -2.10. The van der Waals surface area contributed by atoms with E-state index in [0.717, 1.165) is 45.5 Å². The van der Waals surface area contributed by atoms with Crippen LogP contribution in [0.5, 0.6) is 0 Å². The highest BCUT2D eigenvalue weighted by atomic mass is 15.1. The van der Waals surface area contributed by atoms with Crippen molar-refractivity contribution >= 4 is 34.1 Å². The minimum absolute atomic E-state index is 0.116. The predicted molar refractivity (Wildman–Crippen MR) is 263 cm³/mol. The van der Waals surface area contributed by atoms with E-state index in [0.29, 0.717) is 22.7 Å². The van der Waals surface area contributed by atoms with Crippen LogP contribution in [0.15, 0.2) is 267 Å². The third kappa shape index (κ3) is 8.18. The molecule has 10 rings (SSSR count). The average Bonchev–Trinajstić information content (AvgIpc) is 3.63. The van der Waals surface area contributed by atoms with Gasteiger partial charge in [-0.25, -0.2) is 0 Å². The Kier molecular flexibility index (Phi) is 6.84. The van der Waals surface area contributed by atoms with Crippen LogP contribution < -0.4 is 9.80 Å². The molecule has 2 heteroatoms. The van der Waals surface area contributed by atoms with Gasteiger partial charge in [0.05, 0.1) is 21.9 Å². The average molecular weight is 809 g/mol. The molecule has 294 valence electrons. The zero-order valence-electron chi connectivity index (χ0n) is 49.1. The SMILES string of the molecule is [2H]c1cc([2H])c([2H])c(-c2c([2H])c([2H])c(N(c3ccc(-c4ccccc4)cc3)c3ccc(-c4ccc(N(c5ccc(-c6ccccc6)cc5)c5c([2H])c([2H])c(-c6c([2H])c([2H])cc([2H])c6[2H])c([2H])c5[2H])cc4)cc3)c([2H])c2[2H])c1[2H]. The molecule has 0 heterocycles. The summed E-state index contributed by atoms with van der Waals surface area (Å²) in [6.45, 7) is 0. The van der Waals surface area contributed by atoms with Gasteiger partial charge in [-0.15, -0.1) is 0 Å². The van der Waals surface area contributed by atoms with Gasteiger partial charge in [-0.3, -0.25) is 0 Å². The van der Waals surface area contributed by atoms with Crippen molar-refractivity contribution in [2.75, 3.05) is 9.80 Å². The molecule has 0 aliphatic carbocycles. The predicted octanol–water partition coefficient (Wildman–Crippen LogP) is 17.0. The van der Waals surface area contributed by atoms with E-state index >= 15 is 0 Å². The number of rotatable bonds is 11. The van der Waals surface area contributed by atoms with Crippen LogP contribution in [-0.4, -0.2) is 0 Å². The molecular formula is C60H44N2.